The Kier molecular flexibility index (Phi) is 4.53. The maximum absolute atomic E-state index is 12.3. The number of nitrogens with two attached hydrogens (primary N) is 1. The van der Waals surface area contributed by atoms with Crippen LogP contribution in [0.2, 0.25) is 0 Å². The Hall–Kier alpha value is -1.71. The molecule has 0 spiro atoms. The molecule has 1 saturated carbocycles. The number of para-hydroxylation sites is 1. The van der Waals surface area contributed by atoms with Crippen LogP contribution in [0.5, 0.6) is 5.75 Å². The molecule has 0 bridgehead atoms. The smallest absolute Gasteiger partial charge is 0.255 e. The number of phenolic OH excluding ortho intramolecular Hbond substituents is 1. The molecule has 2 unspecified atom stereocenters. The van der Waals surface area contributed by atoms with Gasteiger partial charge in [-0.15, -0.1) is 0 Å². The van der Waals surface area contributed by atoms with Crippen molar-refractivity contribution in [2.45, 2.75) is 45.6 Å². The predicted molar refractivity (Wildman–Crippen MR) is 80.6 cm³/mol. The zero-order valence-electron chi connectivity index (χ0n) is 12.2. The third-order valence-corrected chi connectivity index (χ3v) is 4.30. The van der Waals surface area contributed by atoms with Gasteiger partial charge in [0.2, 0.25) is 0 Å². The lowest BCUT2D eigenvalue weighted by Gasteiger charge is -2.35. The molecule has 1 amide bonds. The van der Waals surface area contributed by atoms with Crippen molar-refractivity contribution in [1.29, 1.82) is 0 Å². The van der Waals surface area contributed by atoms with Crippen LogP contribution in [0, 0.1) is 11.8 Å². The standard InChI is InChI=1S/C16H24N2O2/c1-10(2)11-6-3-4-9-14(11)18-16(20)12-7-5-8-13(17)15(12)19/h5,7-8,10-11,14,19H,3-4,6,9,17H2,1-2H3,(H,18,20). The first-order chi connectivity index (χ1) is 9.50. The summed E-state index contributed by atoms with van der Waals surface area (Å²) in [5.74, 6) is 0.709. The van der Waals surface area contributed by atoms with Gasteiger partial charge in [-0.05, 0) is 36.8 Å². The highest BCUT2D eigenvalue weighted by molar-refractivity contribution is 5.98. The number of carbonyl (C=O) groups excluding carboxylic acids is 1. The maximum atomic E-state index is 12.3. The highest BCUT2D eigenvalue weighted by Gasteiger charge is 2.29. The van der Waals surface area contributed by atoms with Crippen molar-refractivity contribution in [3.05, 3.63) is 23.8 Å². The summed E-state index contributed by atoms with van der Waals surface area (Å²) in [7, 11) is 0. The Bertz CT molecular complexity index is 485. The SMILES string of the molecule is CC(C)C1CCCCC1NC(=O)c1cccc(N)c1O. The molecule has 0 saturated heterocycles. The van der Waals surface area contributed by atoms with Crippen LogP contribution in [-0.2, 0) is 0 Å². The minimum atomic E-state index is -0.229. The zero-order valence-corrected chi connectivity index (χ0v) is 12.2. The fourth-order valence-electron chi connectivity index (χ4n) is 3.13. The molecule has 4 heteroatoms. The first-order valence-corrected chi connectivity index (χ1v) is 7.39. The molecule has 4 nitrogen and oxygen atoms in total. The molecule has 1 aromatic carbocycles. The van der Waals surface area contributed by atoms with Gasteiger partial charge >= 0.3 is 0 Å². The summed E-state index contributed by atoms with van der Waals surface area (Å²) < 4.78 is 0. The molecule has 2 rings (SSSR count). The number of nitrogens with one attached hydrogen (secondary N) is 1. The minimum Gasteiger partial charge on any atom is -0.505 e. The van der Waals surface area contributed by atoms with Crippen molar-refractivity contribution in [1.82, 2.24) is 5.32 Å². The van der Waals surface area contributed by atoms with E-state index in [4.69, 9.17) is 5.73 Å². The van der Waals surface area contributed by atoms with Crippen molar-refractivity contribution < 1.29 is 9.90 Å². The number of nitrogen functional groups attached to an aromatic ring is 1. The molecule has 1 aliphatic carbocycles. The van der Waals surface area contributed by atoms with E-state index in [1.807, 2.05) is 0 Å². The molecule has 1 aromatic rings. The van der Waals surface area contributed by atoms with Crippen LogP contribution in [0.4, 0.5) is 5.69 Å². The normalized spacial score (nSPS) is 22.8. The second-order valence-electron chi connectivity index (χ2n) is 6.02. The van der Waals surface area contributed by atoms with Crippen molar-refractivity contribution in [3.8, 4) is 5.75 Å². The van der Waals surface area contributed by atoms with E-state index in [0.29, 0.717) is 11.8 Å². The number of aromatic hydroxyl groups is 1. The van der Waals surface area contributed by atoms with E-state index in [1.165, 1.54) is 6.42 Å². The van der Waals surface area contributed by atoms with Gasteiger partial charge in [-0.2, -0.15) is 0 Å². The monoisotopic (exact) mass is 276 g/mol. The topological polar surface area (TPSA) is 75.4 Å². The average Bonchev–Trinajstić information content (AvgIpc) is 2.42. The molecule has 1 aliphatic rings. The molecule has 1 fully saturated rings. The molecular weight excluding hydrogens is 252 g/mol. The fraction of sp³-hybridized carbons (Fsp3) is 0.562. The van der Waals surface area contributed by atoms with Crippen LogP contribution in [-0.4, -0.2) is 17.1 Å². The van der Waals surface area contributed by atoms with Crippen molar-refractivity contribution in [3.63, 3.8) is 0 Å². The van der Waals surface area contributed by atoms with E-state index in [1.54, 1.807) is 18.2 Å². The average molecular weight is 276 g/mol. The molecule has 110 valence electrons. The second-order valence-corrected chi connectivity index (χ2v) is 6.02. The van der Waals surface area contributed by atoms with Crippen molar-refractivity contribution in [2.24, 2.45) is 11.8 Å². The zero-order chi connectivity index (χ0) is 14.7. The van der Waals surface area contributed by atoms with Gasteiger partial charge in [0.1, 0.15) is 0 Å². The number of amides is 1. The fourth-order valence-corrected chi connectivity index (χ4v) is 3.13. The van der Waals surface area contributed by atoms with Gasteiger partial charge in [0.25, 0.3) is 5.91 Å². The summed E-state index contributed by atoms with van der Waals surface area (Å²) in [5, 5.41) is 13.0. The quantitative estimate of drug-likeness (QED) is 0.587. The molecule has 20 heavy (non-hydrogen) atoms. The first kappa shape index (κ1) is 14.7. The van der Waals surface area contributed by atoms with Gasteiger partial charge in [-0.25, -0.2) is 0 Å². The van der Waals surface area contributed by atoms with E-state index in [9.17, 15) is 9.90 Å². The van der Waals surface area contributed by atoms with Gasteiger partial charge in [-0.1, -0.05) is 32.8 Å². The van der Waals surface area contributed by atoms with E-state index >= 15 is 0 Å². The van der Waals surface area contributed by atoms with Crippen LogP contribution in [0.1, 0.15) is 49.9 Å². The van der Waals surface area contributed by atoms with Gasteiger partial charge in [0, 0.05) is 6.04 Å². The van der Waals surface area contributed by atoms with Crippen LogP contribution in [0.3, 0.4) is 0 Å². The lowest BCUT2D eigenvalue weighted by atomic mass is 9.78. The summed E-state index contributed by atoms with van der Waals surface area (Å²) in [6.45, 7) is 4.40. The second kappa shape index (κ2) is 6.16. The Labute approximate surface area is 120 Å². The van der Waals surface area contributed by atoms with E-state index in [2.05, 4.69) is 19.2 Å². The number of anilines is 1. The van der Waals surface area contributed by atoms with Gasteiger partial charge in [-0.3, -0.25) is 4.79 Å². The Morgan fingerprint density at radius 1 is 1.35 bits per heavy atom. The van der Waals surface area contributed by atoms with E-state index in [0.717, 1.165) is 19.3 Å². The highest BCUT2D eigenvalue weighted by atomic mass is 16.3. The Morgan fingerprint density at radius 2 is 2.05 bits per heavy atom. The molecule has 0 radical (unpaired) electrons. The van der Waals surface area contributed by atoms with Crippen molar-refractivity contribution >= 4 is 11.6 Å². The van der Waals surface area contributed by atoms with Crippen LogP contribution < -0.4 is 11.1 Å². The van der Waals surface area contributed by atoms with Crippen LogP contribution >= 0.6 is 0 Å². The Balaban J connectivity index is 2.12. The summed E-state index contributed by atoms with van der Waals surface area (Å²) in [6, 6.07) is 5.07. The number of hydrogen-bond acceptors (Lipinski definition) is 3. The number of hydrogen-bond donors (Lipinski definition) is 3. The summed E-state index contributed by atoms with van der Waals surface area (Å²) in [5.41, 5.74) is 6.14. The number of benzene rings is 1. The van der Waals surface area contributed by atoms with Crippen LogP contribution in [0.25, 0.3) is 0 Å². The predicted octanol–water partition coefficient (Wildman–Crippen LogP) is 2.92. The maximum Gasteiger partial charge on any atom is 0.255 e. The number of carbonyl (C=O) groups is 1. The largest absolute Gasteiger partial charge is 0.505 e. The minimum absolute atomic E-state index is 0.123. The summed E-state index contributed by atoms with van der Waals surface area (Å²) >= 11 is 0. The molecule has 0 heterocycles. The van der Waals surface area contributed by atoms with Gasteiger partial charge in [0.05, 0.1) is 11.3 Å². The Morgan fingerprint density at radius 3 is 2.75 bits per heavy atom. The molecule has 2 atom stereocenters. The van der Waals surface area contributed by atoms with Crippen LogP contribution in [0.15, 0.2) is 18.2 Å². The highest BCUT2D eigenvalue weighted by Crippen LogP contribution is 2.31. The summed E-state index contributed by atoms with van der Waals surface area (Å²) in [6.07, 6.45) is 4.55. The number of phenols is 1. The summed E-state index contributed by atoms with van der Waals surface area (Å²) in [4.78, 5) is 12.3. The van der Waals surface area contributed by atoms with E-state index in [-0.39, 0.29) is 28.9 Å². The lowest BCUT2D eigenvalue weighted by molar-refractivity contribution is 0.0886. The molecule has 0 aromatic heterocycles. The van der Waals surface area contributed by atoms with E-state index < -0.39 is 0 Å². The number of rotatable bonds is 3. The molecule has 0 aliphatic heterocycles. The molecule has 4 N–H and O–H groups in total. The lowest BCUT2D eigenvalue weighted by Crippen LogP contribution is -2.44. The van der Waals surface area contributed by atoms with Gasteiger partial charge < -0.3 is 16.2 Å². The first-order valence-electron chi connectivity index (χ1n) is 7.39. The van der Waals surface area contributed by atoms with Gasteiger partial charge in [0.15, 0.2) is 5.75 Å². The third kappa shape index (κ3) is 3.06. The van der Waals surface area contributed by atoms with Crippen molar-refractivity contribution in [2.75, 3.05) is 5.73 Å². The third-order valence-electron chi connectivity index (χ3n) is 4.30. The molecular formula is C16H24N2O2.